The van der Waals surface area contributed by atoms with E-state index in [1.807, 2.05) is 31.2 Å². The van der Waals surface area contributed by atoms with Crippen LogP contribution < -0.4 is 4.74 Å². The molecule has 0 amide bonds. The molecule has 0 bridgehead atoms. The van der Waals surface area contributed by atoms with E-state index in [9.17, 15) is 0 Å². The molecule has 0 aliphatic carbocycles. The first-order valence-corrected chi connectivity index (χ1v) is 4.59. The van der Waals surface area contributed by atoms with Crippen LogP contribution in [0.4, 0.5) is 0 Å². The molecule has 0 fully saturated rings. The number of hydrogen-bond acceptors (Lipinski definition) is 1. The van der Waals surface area contributed by atoms with Crippen LogP contribution in [-0.4, -0.2) is 7.11 Å². The van der Waals surface area contributed by atoms with Crippen LogP contribution in [0, 0.1) is 0 Å². The van der Waals surface area contributed by atoms with Crippen molar-refractivity contribution < 1.29 is 4.74 Å². The van der Waals surface area contributed by atoms with Gasteiger partial charge in [0.05, 0.1) is 7.11 Å². The van der Waals surface area contributed by atoms with E-state index in [2.05, 4.69) is 6.08 Å². The molecule has 0 unspecified atom stereocenters. The third-order valence-corrected chi connectivity index (χ3v) is 2.19. The Morgan fingerprint density at radius 2 is 2.23 bits per heavy atom. The Morgan fingerprint density at radius 3 is 2.77 bits per heavy atom. The molecule has 0 aliphatic heterocycles. The fraction of sp³-hybridized carbons (Fsp3) is 0.273. The van der Waals surface area contributed by atoms with Crippen LogP contribution >= 0.6 is 11.6 Å². The molecule has 0 heterocycles. The predicted molar refractivity (Wildman–Crippen MR) is 56.5 cm³/mol. The molecule has 0 aliphatic rings. The number of hydrogen-bond donors (Lipinski definition) is 0. The van der Waals surface area contributed by atoms with Gasteiger partial charge in [0.25, 0.3) is 0 Å². The van der Waals surface area contributed by atoms with E-state index in [1.165, 1.54) is 0 Å². The Morgan fingerprint density at radius 1 is 1.46 bits per heavy atom. The van der Waals surface area contributed by atoms with Crippen molar-refractivity contribution in [3.63, 3.8) is 0 Å². The van der Waals surface area contributed by atoms with Gasteiger partial charge >= 0.3 is 0 Å². The van der Waals surface area contributed by atoms with Crippen LogP contribution in [0.2, 0.25) is 5.02 Å². The van der Waals surface area contributed by atoms with E-state index >= 15 is 0 Å². The van der Waals surface area contributed by atoms with Gasteiger partial charge in [0.1, 0.15) is 5.75 Å². The average molecular weight is 197 g/mol. The summed E-state index contributed by atoms with van der Waals surface area (Å²) in [5.74, 6) is 0.800. The van der Waals surface area contributed by atoms with Gasteiger partial charge in [-0.1, -0.05) is 29.8 Å². The topological polar surface area (TPSA) is 9.23 Å². The molecule has 0 spiro atoms. The van der Waals surface area contributed by atoms with Crippen LogP contribution in [-0.2, 0) is 6.42 Å². The Balaban J connectivity index is 2.85. The zero-order valence-electron chi connectivity index (χ0n) is 7.88. The summed E-state index contributed by atoms with van der Waals surface area (Å²) in [5.41, 5.74) is 1.13. The van der Waals surface area contributed by atoms with Crippen molar-refractivity contribution in [2.45, 2.75) is 13.3 Å². The van der Waals surface area contributed by atoms with Gasteiger partial charge in [-0.25, -0.2) is 0 Å². The molecule has 0 atom stereocenters. The molecule has 0 N–H and O–H groups in total. The minimum Gasteiger partial charge on any atom is -0.497 e. The second kappa shape index (κ2) is 4.93. The standard InChI is InChI=1S/C11H13ClO/c1-3-4-5-9-6-7-10(13-2)8-11(9)12/h3-4,6-8H,5H2,1-2H3/b4-3+. The monoisotopic (exact) mass is 196 g/mol. The zero-order valence-corrected chi connectivity index (χ0v) is 8.64. The summed E-state index contributed by atoms with van der Waals surface area (Å²) >= 11 is 6.03. The third kappa shape index (κ3) is 2.78. The van der Waals surface area contributed by atoms with E-state index in [0.717, 1.165) is 22.8 Å². The molecule has 0 saturated heterocycles. The summed E-state index contributed by atoms with van der Waals surface area (Å²) < 4.78 is 5.05. The van der Waals surface area contributed by atoms with E-state index < -0.39 is 0 Å². The summed E-state index contributed by atoms with van der Waals surface area (Å²) in [4.78, 5) is 0. The number of allylic oxidation sites excluding steroid dienone is 2. The molecular formula is C11H13ClO. The first-order valence-electron chi connectivity index (χ1n) is 4.21. The first-order chi connectivity index (χ1) is 6.27. The molecule has 1 aromatic carbocycles. The van der Waals surface area contributed by atoms with Crippen LogP contribution in [0.3, 0.4) is 0 Å². The van der Waals surface area contributed by atoms with E-state index in [1.54, 1.807) is 7.11 Å². The normalized spacial score (nSPS) is 10.7. The smallest absolute Gasteiger partial charge is 0.120 e. The summed E-state index contributed by atoms with van der Waals surface area (Å²) in [6.45, 7) is 2.00. The van der Waals surface area contributed by atoms with Gasteiger partial charge in [-0.15, -0.1) is 0 Å². The largest absolute Gasteiger partial charge is 0.497 e. The highest BCUT2D eigenvalue weighted by atomic mass is 35.5. The lowest BCUT2D eigenvalue weighted by molar-refractivity contribution is 0.414. The van der Waals surface area contributed by atoms with Crippen molar-refractivity contribution in [2.24, 2.45) is 0 Å². The highest BCUT2D eigenvalue weighted by Gasteiger charge is 1.99. The van der Waals surface area contributed by atoms with Crippen molar-refractivity contribution in [3.05, 3.63) is 40.9 Å². The SMILES string of the molecule is C/C=C/Cc1ccc(OC)cc1Cl. The Hall–Kier alpha value is -0.950. The maximum absolute atomic E-state index is 6.03. The maximum Gasteiger partial charge on any atom is 0.120 e. The average Bonchev–Trinajstić information content (AvgIpc) is 2.16. The fourth-order valence-electron chi connectivity index (χ4n) is 1.07. The van der Waals surface area contributed by atoms with Crippen molar-refractivity contribution in [1.82, 2.24) is 0 Å². The molecule has 1 aromatic rings. The van der Waals surface area contributed by atoms with Gasteiger partial charge in [0.15, 0.2) is 0 Å². The summed E-state index contributed by atoms with van der Waals surface area (Å²) in [7, 11) is 1.64. The van der Waals surface area contributed by atoms with Crippen LogP contribution in [0.15, 0.2) is 30.4 Å². The van der Waals surface area contributed by atoms with Crippen LogP contribution in [0.25, 0.3) is 0 Å². The number of methoxy groups -OCH3 is 1. The molecule has 0 aromatic heterocycles. The number of ether oxygens (including phenoxy) is 1. The Kier molecular flexibility index (Phi) is 3.84. The third-order valence-electron chi connectivity index (χ3n) is 1.83. The lowest BCUT2D eigenvalue weighted by atomic mass is 10.1. The highest BCUT2D eigenvalue weighted by Crippen LogP contribution is 2.22. The number of halogens is 1. The maximum atomic E-state index is 6.03. The lowest BCUT2D eigenvalue weighted by Crippen LogP contribution is -1.86. The highest BCUT2D eigenvalue weighted by molar-refractivity contribution is 6.31. The number of rotatable bonds is 3. The first kappa shape index (κ1) is 10.1. The Bertz CT molecular complexity index is 305. The van der Waals surface area contributed by atoms with Gasteiger partial charge in [-0.2, -0.15) is 0 Å². The second-order valence-corrected chi connectivity index (χ2v) is 3.14. The van der Waals surface area contributed by atoms with Crippen molar-refractivity contribution in [3.8, 4) is 5.75 Å². The summed E-state index contributed by atoms with van der Waals surface area (Å²) in [6, 6.07) is 5.74. The van der Waals surface area contributed by atoms with Gasteiger partial charge < -0.3 is 4.74 Å². The minimum absolute atomic E-state index is 0.762. The van der Waals surface area contributed by atoms with E-state index in [0.29, 0.717) is 0 Å². The quantitative estimate of drug-likeness (QED) is 0.673. The molecule has 2 heteroatoms. The second-order valence-electron chi connectivity index (χ2n) is 2.73. The van der Waals surface area contributed by atoms with Crippen molar-refractivity contribution in [1.29, 1.82) is 0 Å². The van der Waals surface area contributed by atoms with E-state index in [-0.39, 0.29) is 0 Å². The molecular weight excluding hydrogens is 184 g/mol. The molecule has 1 rings (SSSR count). The predicted octanol–water partition coefficient (Wildman–Crippen LogP) is 3.47. The molecule has 13 heavy (non-hydrogen) atoms. The summed E-state index contributed by atoms with van der Waals surface area (Å²) in [5, 5.41) is 0.762. The molecule has 0 radical (unpaired) electrons. The molecule has 1 nitrogen and oxygen atoms in total. The van der Waals surface area contributed by atoms with Gasteiger partial charge in [-0.3, -0.25) is 0 Å². The van der Waals surface area contributed by atoms with Crippen molar-refractivity contribution >= 4 is 11.6 Å². The number of benzene rings is 1. The van der Waals surface area contributed by atoms with Gasteiger partial charge in [0.2, 0.25) is 0 Å². The van der Waals surface area contributed by atoms with E-state index in [4.69, 9.17) is 16.3 Å². The zero-order chi connectivity index (χ0) is 9.68. The minimum atomic E-state index is 0.762. The molecule has 70 valence electrons. The van der Waals surface area contributed by atoms with Crippen molar-refractivity contribution in [2.75, 3.05) is 7.11 Å². The lowest BCUT2D eigenvalue weighted by Gasteiger charge is -2.03. The molecule has 0 saturated carbocycles. The van der Waals surface area contributed by atoms with Gasteiger partial charge in [0, 0.05) is 5.02 Å². The summed E-state index contributed by atoms with van der Waals surface area (Å²) in [6.07, 6.45) is 4.97. The Labute approximate surface area is 84.0 Å². The van der Waals surface area contributed by atoms with Crippen LogP contribution in [0.5, 0.6) is 5.75 Å². The van der Waals surface area contributed by atoms with Gasteiger partial charge in [-0.05, 0) is 31.0 Å². The van der Waals surface area contributed by atoms with Crippen LogP contribution in [0.1, 0.15) is 12.5 Å². The fourth-order valence-corrected chi connectivity index (χ4v) is 1.31.